The van der Waals surface area contributed by atoms with Gasteiger partial charge in [0.05, 0.1) is 29.5 Å². The van der Waals surface area contributed by atoms with E-state index in [0.717, 1.165) is 5.56 Å². The summed E-state index contributed by atoms with van der Waals surface area (Å²) in [6, 6.07) is 24.1. The highest BCUT2D eigenvalue weighted by atomic mass is 16.6. The molecule has 5 aromatic rings. The van der Waals surface area contributed by atoms with Gasteiger partial charge >= 0.3 is 0 Å². The van der Waals surface area contributed by atoms with Crippen LogP contribution < -0.4 is 20.1 Å². The Morgan fingerprint density at radius 2 is 1.89 bits per heavy atom. The summed E-state index contributed by atoms with van der Waals surface area (Å²) in [6.45, 7) is 2.13. The predicted molar refractivity (Wildman–Crippen MR) is 163 cm³/mol. The van der Waals surface area contributed by atoms with E-state index in [1.165, 1.54) is 12.1 Å². The smallest absolute Gasteiger partial charge is 0.270 e. The lowest BCUT2D eigenvalue weighted by molar-refractivity contribution is -0.384. The zero-order chi connectivity index (χ0) is 30.6. The molecule has 1 aliphatic heterocycles. The molecule has 220 valence electrons. The SMILES string of the molecule is COc1cc(C2C(C(=O)Nc3cccnc3)=C(C)Nc3nc(-c4cccc([N+](=O)[O-])c4)nn32)ccc1OCc1ccccc1. The summed E-state index contributed by atoms with van der Waals surface area (Å²) in [5, 5.41) is 22.2. The van der Waals surface area contributed by atoms with E-state index in [4.69, 9.17) is 14.6 Å². The van der Waals surface area contributed by atoms with Crippen molar-refractivity contribution in [2.45, 2.75) is 19.6 Å². The molecule has 0 radical (unpaired) electrons. The Morgan fingerprint density at radius 1 is 1.05 bits per heavy atom. The van der Waals surface area contributed by atoms with Crippen LogP contribution in [0, 0.1) is 10.1 Å². The van der Waals surface area contributed by atoms with Crippen molar-refractivity contribution in [2.75, 3.05) is 17.7 Å². The fourth-order valence-electron chi connectivity index (χ4n) is 4.98. The largest absolute Gasteiger partial charge is 0.493 e. The number of methoxy groups -OCH3 is 1. The Labute approximate surface area is 252 Å². The molecule has 0 saturated heterocycles. The standard InChI is InChI=1S/C32H27N7O5/c1-20-28(31(40)35-24-11-7-15-33-18-24)29(22-13-14-26(27(17-22)43-2)44-19-21-8-4-3-5-9-21)38-32(34-20)36-30(37-38)23-10-6-12-25(16-23)39(41)42/h3-18,29H,19H2,1-2H3,(H,35,40)(H,34,36,37). The van der Waals surface area contributed by atoms with Crippen molar-refractivity contribution in [3.8, 4) is 22.9 Å². The number of non-ortho nitro benzene ring substituents is 1. The molecule has 0 saturated carbocycles. The Bertz CT molecular complexity index is 1870. The molecule has 12 nitrogen and oxygen atoms in total. The second-order valence-corrected chi connectivity index (χ2v) is 9.96. The van der Waals surface area contributed by atoms with Gasteiger partial charge in [0.2, 0.25) is 5.95 Å². The van der Waals surface area contributed by atoms with Crippen LogP contribution in [-0.2, 0) is 11.4 Å². The molecule has 1 aliphatic rings. The van der Waals surface area contributed by atoms with Gasteiger partial charge in [0.15, 0.2) is 17.3 Å². The summed E-state index contributed by atoms with van der Waals surface area (Å²) in [6.07, 6.45) is 3.18. The first-order valence-electron chi connectivity index (χ1n) is 13.7. The number of anilines is 2. The fourth-order valence-corrected chi connectivity index (χ4v) is 4.98. The minimum absolute atomic E-state index is 0.0820. The van der Waals surface area contributed by atoms with Crippen molar-refractivity contribution in [1.82, 2.24) is 19.7 Å². The molecule has 12 heteroatoms. The van der Waals surface area contributed by atoms with Crippen LogP contribution >= 0.6 is 0 Å². The lowest BCUT2D eigenvalue weighted by Gasteiger charge is -2.29. The predicted octanol–water partition coefficient (Wildman–Crippen LogP) is 5.76. The van der Waals surface area contributed by atoms with E-state index in [0.29, 0.717) is 52.1 Å². The molecule has 0 bridgehead atoms. The number of allylic oxidation sites excluding steroid dienone is 1. The van der Waals surface area contributed by atoms with E-state index in [2.05, 4.69) is 20.6 Å². The number of carbonyl (C=O) groups excluding carboxylic acids is 1. The van der Waals surface area contributed by atoms with Gasteiger partial charge in [0, 0.05) is 29.6 Å². The lowest BCUT2D eigenvalue weighted by atomic mass is 9.94. The third-order valence-corrected chi connectivity index (χ3v) is 7.07. The van der Waals surface area contributed by atoms with Gasteiger partial charge in [-0.05, 0) is 42.3 Å². The normalized spacial score (nSPS) is 13.9. The van der Waals surface area contributed by atoms with E-state index in [9.17, 15) is 14.9 Å². The Hall–Kier alpha value is -6.04. The van der Waals surface area contributed by atoms with E-state index in [-0.39, 0.29) is 17.4 Å². The number of hydrogen-bond acceptors (Lipinski definition) is 9. The molecule has 2 N–H and O–H groups in total. The van der Waals surface area contributed by atoms with Crippen LogP contribution in [0.3, 0.4) is 0 Å². The summed E-state index contributed by atoms with van der Waals surface area (Å²) in [4.78, 5) is 33.5. The number of nitrogens with zero attached hydrogens (tertiary/aromatic N) is 5. The van der Waals surface area contributed by atoms with Gasteiger partial charge in [-0.15, -0.1) is 5.10 Å². The van der Waals surface area contributed by atoms with Gasteiger partial charge in [0.25, 0.3) is 11.6 Å². The molecule has 0 aliphatic carbocycles. The van der Waals surface area contributed by atoms with Gasteiger partial charge < -0.3 is 20.1 Å². The Morgan fingerprint density at radius 3 is 2.64 bits per heavy atom. The number of amides is 1. The molecule has 2 aromatic heterocycles. The van der Waals surface area contributed by atoms with Gasteiger partial charge in [-0.3, -0.25) is 19.9 Å². The van der Waals surface area contributed by atoms with Crippen LogP contribution in [0.25, 0.3) is 11.4 Å². The van der Waals surface area contributed by atoms with Gasteiger partial charge in [-0.25, -0.2) is 4.68 Å². The number of nitrogens with one attached hydrogen (secondary N) is 2. The number of nitro groups is 1. The van der Waals surface area contributed by atoms with Crippen LogP contribution in [-0.4, -0.2) is 37.7 Å². The third-order valence-electron chi connectivity index (χ3n) is 7.07. The zero-order valence-electron chi connectivity index (χ0n) is 23.8. The minimum Gasteiger partial charge on any atom is -0.493 e. The Balaban J connectivity index is 1.41. The van der Waals surface area contributed by atoms with Crippen molar-refractivity contribution in [3.63, 3.8) is 0 Å². The average Bonchev–Trinajstić information content (AvgIpc) is 3.47. The number of fused-ring (bicyclic) bond motifs is 1. The van der Waals surface area contributed by atoms with Gasteiger partial charge in [0.1, 0.15) is 12.6 Å². The molecule has 1 unspecified atom stereocenters. The van der Waals surface area contributed by atoms with E-state index in [1.54, 1.807) is 67.5 Å². The summed E-state index contributed by atoms with van der Waals surface area (Å²) in [7, 11) is 1.55. The van der Waals surface area contributed by atoms with Crippen LogP contribution in [0.5, 0.6) is 11.5 Å². The number of hydrogen-bond donors (Lipinski definition) is 2. The first-order chi connectivity index (χ1) is 21.4. The summed E-state index contributed by atoms with van der Waals surface area (Å²) in [5.41, 5.74) is 3.54. The van der Waals surface area contributed by atoms with Crippen LogP contribution in [0.2, 0.25) is 0 Å². The minimum atomic E-state index is -0.736. The maximum atomic E-state index is 13.8. The molecule has 1 amide bonds. The molecule has 3 heterocycles. The number of pyridine rings is 1. The number of ether oxygens (including phenoxy) is 2. The van der Waals surface area contributed by atoms with Gasteiger partial charge in [-0.2, -0.15) is 4.98 Å². The summed E-state index contributed by atoms with van der Waals surface area (Å²) in [5.74, 6) is 1.27. The highest BCUT2D eigenvalue weighted by Crippen LogP contribution is 2.40. The topological polar surface area (TPSA) is 146 Å². The quantitative estimate of drug-likeness (QED) is 0.162. The number of rotatable bonds is 9. The van der Waals surface area contributed by atoms with Crippen molar-refractivity contribution in [2.24, 2.45) is 0 Å². The molecule has 44 heavy (non-hydrogen) atoms. The lowest BCUT2D eigenvalue weighted by Crippen LogP contribution is -2.31. The molecule has 0 spiro atoms. The average molecular weight is 590 g/mol. The molecule has 0 fully saturated rings. The highest BCUT2D eigenvalue weighted by molar-refractivity contribution is 6.06. The maximum absolute atomic E-state index is 13.8. The van der Waals surface area contributed by atoms with Crippen LogP contribution in [0.4, 0.5) is 17.3 Å². The number of benzene rings is 3. The molecule has 1 atom stereocenters. The molecule has 3 aromatic carbocycles. The summed E-state index contributed by atoms with van der Waals surface area (Å²) < 4.78 is 13.4. The zero-order valence-corrected chi connectivity index (χ0v) is 23.8. The first kappa shape index (κ1) is 28.1. The number of carbonyl (C=O) groups is 1. The van der Waals surface area contributed by atoms with E-state index < -0.39 is 11.0 Å². The van der Waals surface area contributed by atoms with E-state index >= 15 is 0 Å². The van der Waals surface area contributed by atoms with Crippen molar-refractivity contribution < 1.29 is 19.2 Å². The van der Waals surface area contributed by atoms with E-state index in [1.807, 2.05) is 36.4 Å². The first-order valence-corrected chi connectivity index (χ1v) is 13.7. The monoisotopic (exact) mass is 589 g/mol. The number of nitro benzene ring substituents is 1. The van der Waals surface area contributed by atoms with Crippen molar-refractivity contribution in [3.05, 3.63) is 130 Å². The second-order valence-electron chi connectivity index (χ2n) is 9.96. The van der Waals surface area contributed by atoms with Crippen molar-refractivity contribution >= 4 is 23.2 Å². The van der Waals surface area contributed by atoms with Gasteiger partial charge in [-0.1, -0.05) is 48.5 Å². The maximum Gasteiger partial charge on any atom is 0.270 e. The molecular formula is C32H27N7O5. The Kier molecular flexibility index (Phi) is 7.70. The summed E-state index contributed by atoms with van der Waals surface area (Å²) >= 11 is 0. The molecule has 6 rings (SSSR count). The van der Waals surface area contributed by atoms with Crippen LogP contribution in [0.15, 0.2) is 109 Å². The van der Waals surface area contributed by atoms with Crippen LogP contribution in [0.1, 0.15) is 24.1 Å². The number of aromatic nitrogens is 4. The second kappa shape index (κ2) is 12.1. The van der Waals surface area contributed by atoms with Crippen molar-refractivity contribution in [1.29, 1.82) is 0 Å². The highest BCUT2D eigenvalue weighted by Gasteiger charge is 2.35. The fraction of sp³-hybridized carbons (Fsp3) is 0.125. The third kappa shape index (κ3) is 5.68. The molecular weight excluding hydrogens is 562 g/mol.